The topological polar surface area (TPSA) is 90.3 Å². The minimum Gasteiger partial charge on any atom is -0.444 e. The van der Waals surface area contributed by atoms with E-state index in [1.165, 1.54) is 6.08 Å². The zero-order valence-electron chi connectivity index (χ0n) is 25.5. The summed E-state index contributed by atoms with van der Waals surface area (Å²) < 4.78 is 50.7. The fourth-order valence-electron chi connectivity index (χ4n) is 6.59. The Morgan fingerprint density at radius 1 is 1.11 bits per heavy atom. The van der Waals surface area contributed by atoms with Crippen molar-refractivity contribution in [3.8, 4) is 22.9 Å². The van der Waals surface area contributed by atoms with Crippen molar-refractivity contribution < 1.29 is 23.0 Å². The van der Waals surface area contributed by atoms with Gasteiger partial charge in [0.15, 0.2) is 23.1 Å². The smallest absolute Gasteiger partial charge is 0.278 e. The number of imidazole rings is 1. The molecule has 5 heterocycles. The summed E-state index contributed by atoms with van der Waals surface area (Å²) in [6.07, 6.45) is 5.37. The first-order valence-corrected chi connectivity index (χ1v) is 15.3. The number of halogens is 2. The summed E-state index contributed by atoms with van der Waals surface area (Å²) in [5.74, 6) is 0.919. The number of fused-ring (bicyclic) bond motifs is 2. The van der Waals surface area contributed by atoms with Crippen LogP contribution in [0.4, 0.5) is 8.78 Å². The van der Waals surface area contributed by atoms with Gasteiger partial charge in [0.05, 0.1) is 35.8 Å². The number of allylic oxidation sites excluding steroid dienone is 2. The lowest BCUT2D eigenvalue weighted by Gasteiger charge is -2.33. The number of likely N-dealkylation sites (tertiary alicyclic amines) is 1. The van der Waals surface area contributed by atoms with Gasteiger partial charge < -0.3 is 18.8 Å². The molecule has 1 N–H and O–H groups in total. The Balaban J connectivity index is 1.11. The Bertz CT molecular complexity index is 1820. The molecule has 3 aliphatic heterocycles. The number of piperidine rings is 1. The molecule has 11 heteroatoms. The minimum absolute atomic E-state index is 0.0924. The minimum atomic E-state index is -1.33. The first kappa shape index (κ1) is 29.4. The zero-order valence-corrected chi connectivity index (χ0v) is 25.5. The summed E-state index contributed by atoms with van der Waals surface area (Å²) in [5, 5.41) is 6.94. The van der Waals surface area contributed by atoms with Gasteiger partial charge in [-0.25, -0.2) is 18.7 Å². The van der Waals surface area contributed by atoms with Crippen LogP contribution in [-0.4, -0.2) is 61.2 Å². The summed E-state index contributed by atoms with van der Waals surface area (Å²) in [5.41, 5.74) is 2.63. The van der Waals surface area contributed by atoms with Crippen LogP contribution in [0.1, 0.15) is 49.3 Å². The van der Waals surface area contributed by atoms with Crippen molar-refractivity contribution in [3.05, 3.63) is 90.1 Å². The van der Waals surface area contributed by atoms with Crippen molar-refractivity contribution in [1.29, 1.82) is 0 Å². The second-order valence-corrected chi connectivity index (χ2v) is 12.0. The van der Waals surface area contributed by atoms with Gasteiger partial charge in [0.1, 0.15) is 23.0 Å². The van der Waals surface area contributed by atoms with Crippen LogP contribution in [0.3, 0.4) is 0 Å². The maximum Gasteiger partial charge on any atom is 0.278 e. The molecule has 2 atom stereocenters. The van der Waals surface area contributed by atoms with E-state index in [0.717, 1.165) is 61.9 Å². The number of rotatable bonds is 9. The molecule has 2 saturated heterocycles. The van der Waals surface area contributed by atoms with E-state index >= 15 is 4.39 Å². The number of aromatic nitrogens is 5. The van der Waals surface area contributed by atoms with Gasteiger partial charge >= 0.3 is 0 Å². The number of hydrogen-bond acceptors (Lipinski definition) is 7. The number of hydrogen-bond donors (Lipinski definition) is 1. The Morgan fingerprint density at radius 3 is 2.58 bits per heavy atom. The largest absolute Gasteiger partial charge is 0.444 e. The number of benzene rings is 2. The second-order valence-electron chi connectivity index (χ2n) is 12.0. The Morgan fingerprint density at radius 2 is 1.91 bits per heavy atom. The van der Waals surface area contributed by atoms with Crippen molar-refractivity contribution in [2.75, 3.05) is 19.7 Å². The molecular formula is C34H36F2N6O3. The number of ether oxygens (including phenoxy) is 3. The Labute approximate surface area is 260 Å². The number of H-pyrrole nitrogens is 1. The number of aryl methyl sites for hydroxylation is 1. The maximum atomic E-state index is 15.8. The molecule has 0 saturated carbocycles. The molecule has 45 heavy (non-hydrogen) atoms. The molecule has 0 spiro atoms. The average Bonchev–Trinajstić information content (AvgIpc) is 3.70. The van der Waals surface area contributed by atoms with Crippen LogP contribution in [0, 0.1) is 12.7 Å². The highest BCUT2D eigenvalue weighted by Crippen LogP contribution is 2.49. The van der Waals surface area contributed by atoms with E-state index in [9.17, 15) is 4.39 Å². The third kappa shape index (κ3) is 5.23. The zero-order chi connectivity index (χ0) is 31.3. The van der Waals surface area contributed by atoms with Crippen molar-refractivity contribution in [2.45, 2.75) is 64.0 Å². The Kier molecular flexibility index (Phi) is 7.53. The normalized spacial score (nSPS) is 22.4. The average molecular weight is 615 g/mol. The highest BCUT2D eigenvalue weighted by Gasteiger charge is 2.43. The van der Waals surface area contributed by atoms with Crippen LogP contribution in [0.5, 0.6) is 11.5 Å². The summed E-state index contributed by atoms with van der Waals surface area (Å²) in [6.45, 7) is 14.4. The molecule has 0 bridgehead atoms. The van der Waals surface area contributed by atoms with Gasteiger partial charge in [0.25, 0.3) is 5.79 Å². The Hall–Kier alpha value is -4.35. The molecule has 0 aliphatic carbocycles. The van der Waals surface area contributed by atoms with Crippen molar-refractivity contribution in [1.82, 2.24) is 29.6 Å². The lowest BCUT2D eigenvalue weighted by Crippen LogP contribution is -2.37. The van der Waals surface area contributed by atoms with Crippen LogP contribution in [0.2, 0.25) is 0 Å². The molecule has 2 fully saturated rings. The molecule has 2 aromatic carbocycles. The summed E-state index contributed by atoms with van der Waals surface area (Å²) in [7, 11) is 0. The summed E-state index contributed by atoms with van der Waals surface area (Å²) in [6, 6.07) is 9.48. The molecule has 9 nitrogen and oxygen atoms in total. The van der Waals surface area contributed by atoms with E-state index in [0.29, 0.717) is 47.3 Å². The SMILES string of the molecule is C=C/C(F)=C(\C=C)[C@@]1(C)Oc2cccc(C3CCN(Cc4nc5c(F)c(-c6n[nH]c(C)n6)ccc5n4C[C@@H]4CCO4)CC3)c2O1. The molecule has 234 valence electrons. The third-order valence-corrected chi connectivity index (χ3v) is 9.09. The maximum absolute atomic E-state index is 15.8. The molecule has 0 unspecified atom stereocenters. The van der Waals surface area contributed by atoms with Crippen LogP contribution >= 0.6 is 0 Å². The van der Waals surface area contributed by atoms with E-state index in [4.69, 9.17) is 19.2 Å². The molecule has 0 radical (unpaired) electrons. The van der Waals surface area contributed by atoms with Crippen LogP contribution in [0.25, 0.3) is 22.4 Å². The quantitative estimate of drug-likeness (QED) is 0.215. The monoisotopic (exact) mass is 614 g/mol. The molecule has 7 rings (SSSR count). The van der Waals surface area contributed by atoms with Crippen molar-refractivity contribution >= 4 is 11.0 Å². The number of aromatic amines is 1. The van der Waals surface area contributed by atoms with Gasteiger partial charge in [0.2, 0.25) is 0 Å². The first-order valence-electron chi connectivity index (χ1n) is 15.3. The van der Waals surface area contributed by atoms with Crippen LogP contribution in [-0.2, 0) is 17.8 Å². The predicted molar refractivity (Wildman–Crippen MR) is 166 cm³/mol. The van der Waals surface area contributed by atoms with E-state index in [-0.39, 0.29) is 17.6 Å². The summed E-state index contributed by atoms with van der Waals surface area (Å²) in [4.78, 5) is 11.5. The highest BCUT2D eigenvalue weighted by atomic mass is 19.1. The van der Waals surface area contributed by atoms with Crippen molar-refractivity contribution in [2.24, 2.45) is 0 Å². The van der Waals surface area contributed by atoms with Gasteiger partial charge in [-0.3, -0.25) is 10.00 Å². The van der Waals surface area contributed by atoms with Crippen molar-refractivity contribution in [3.63, 3.8) is 0 Å². The number of nitrogens with zero attached hydrogens (tertiary/aromatic N) is 5. The van der Waals surface area contributed by atoms with Gasteiger partial charge in [-0.15, -0.1) is 0 Å². The highest BCUT2D eigenvalue weighted by molar-refractivity contribution is 5.82. The fourth-order valence-corrected chi connectivity index (χ4v) is 6.59. The van der Waals surface area contributed by atoms with Crippen LogP contribution in [0.15, 0.2) is 67.0 Å². The van der Waals surface area contributed by atoms with Gasteiger partial charge in [-0.2, -0.15) is 5.10 Å². The number of para-hydroxylation sites is 1. The lowest BCUT2D eigenvalue weighted by molar-refractivity contribution is -0.0592. The molecule has 0 amide bonds. The van der Waals surface area contributed by atoms with Gasteiger partial charge in [-0.1, -0.05) is 31.4 Å². The van der Waals surface area contributed by atoms with Crippen LogP contribution < -0.4 is 9.47 Å². The van der Waals surface area contributed by atoms with E-state index < -0.39 is 17.4 Å². The molecule has 4 aromatic rings. The van der Waals surface area contributed by atoms with E-state index in [1.807, 2.05) is 18.2 Å². The summed E-state index contributed by atoms with van der Waals surface area (Å²) >= 11 is 0. The third-order valence-electron chi connectivity index (χ3n) is 9.09. The second kappa shape index (κ2) is 11.5. The molecule has 3 aliphatic rings. The molecular weight excluding hydrogens is 578 g/mol. The lowest BCUT2D eigenvalue weighted by atomic mass is 9.88. The fraction of sp³-hybridized carbons (Fsp3) is 0.382. The predicted octanol–water partition coefficient (Wildman–Crippen LogP) is 6.52. The van der Waals surface area contributed by atoms with Gasteiger partial charge in [0, 0.05) is 19.1 Å². The van der Waals surface area contributed by atoms with E-state index in [1.54, 1.807) is 19.9 Å². The standard InChI is InChI=1S/C34H36F2N6O3/c1-5-25(26(35)6-2)34(4)44-28-9-7-8-23(32(28)45-34)21-12-15-41(16-13-21)19-29-38-31-27(42(29)18-22-14-17-43-22)11-10-24(30(31)36)33-37-20(3)39-40-33/h5-11,21-22H,1-2,12-19H2,3-4H3,(H,37,39,40)/b26-25-/t22-,34-/m0/s1. The first-order chi connectivity index (χ1) is 21.8. The number of nitrogens with one attached hydrogen (secondary N) is 1. The molecule has 2 aromatic heterocycles. The van der Waals surface area contributed by atoms with E-state index in [2.05, 4.69) is 43.9 Å². The van der Waals surface area contributed by atoms with Gasteiger partial charge in [-0.05, 0) is 69.5 Å².